The average Bonchev–Trinajstić information content (AvgIpc) is 2.84. The van der Waals surface area contributed by atoms with E-state index in [2.05, 4.69) is 47.4 Å². The van der Waals surface area contributed by atoms with Gasteiger partial charge in [-0.1, -0.05) is 48.9 Å². The maximum absolute atomic E-state index is 6.26. The van der Waals surface area contributed by atoms with Crippen molar-refractivity contribution in [1.82, 2.24) is 4.90 Å². The normalized spacial score (nSPS) is 30.1. The molecule has 1 aliphatic heterocycles. The summed E-state index contributed by atoms with van der Waals surface area (Å²) in [5.41, 5.74) is 7.54. The number of hydrogen-bond donors (Lipinski definition) is 1. The van der Waals surface area contributed by atoms with Gasteiger partial charge in [-0.3, -0.25) is 4.90 Å². The SMILES string of the molecule is Cl.NC1CCCC2CN(C/C=C/c3ccccc3)CC12. The van der Waals surface area contributed by atoms with E-state index in [0.29, 0.717) is 6.04 Å². The van der Waals surface area contributed by atoms with E-state index >= 15 is 0 Å². The Bertz CT molecular complexity index is 432. The molecule has 0 radical (unpaired) electrons. The number of rotatable bonds is 3. The summed E-state index contributed by atoms with van der Waals surface area (Å²) in [7, 11) is 0. The second kappa shape index (κ2) is 7.26. The lowest BCUT2D eigenvalue weighted by molar-refractivity contribution is 0.259. The number of halogens is 1. The summed E-state index contributed by atoms with van der Waals surface area (Å²) in [6.07, 6.45) is 8.46. The average molecular weight is 293 g/mol. The van der Waals surface area contributed by atoms with Gasteiger partial charge in [-0.05, 0) is 30.2 Å². The number of fused-ring (bicyclic) bond motifs is 1. The van der Waals surface area contributed by atoms with Crippen LogP contribution in [0, 0.1) is 11.8 Å². The van der Waals surface area contributed by atoms with Gasteiger partial charge >= 0.3 is 0 Å². The first-order valence-electron chi connectivity index (χ1n) is 7.52. The lowest BCUT2D eigenvalue weighted by Crippen LogP contribution is -2.38. The van der Waals surface area contributed by atoms with Crippen molar-refractivity contribution in [1.29, 1.82) is 0 Å². The molecule has 2 aliphatic rings. The van der Waals surface area contributed by atoms with E-state index in [-0.39, 0.29) is 12.4 Å². The van der Waals surface area contributed by atoms with Crippen LogP contribution in [0.3, 0.4) is 0 Å². The molecule has 2 nitrogen and oxygen atoms in total. The molecule has 20 heavy (non-hydrogen) atoms. The van der Waals surface area contributed by atoms with Gasteiger partial charge in [0.2, 0.25) is 0 Å². The van der Waals surface area contributed by atoms with Crippen LogP contribution in [0.4, 0.5) is 0 Å². The van der Waals surface area contributed by atoms with E-state index in [1.807, 2.05) is 0 Å². The molecule has 2 fully saturated rings. The van der Waals surface area contributed by atoms with Gasteiger partial charge in [0.25, 0.3) is 0 Å². The zero-order chi connectivity index (χ0) is 13.1. The summed E-state index contributed by atoms with van der Waals surface area (Å²) >= 11 is 0. The minimum absolute atomic E-state index is 0. The molecule has 3 heteroatoms. The fourth-order valence-corrected chi connectivity index (χ4v) is 3.66. The molecule has 1 heterocycles. The van der Waals surface area contributed by atoms with Crippen molar-refractivity contribution in [2.24, 2.45) is 17.6 Å². The van der Waals surface area contributed by atoms with E-state index < -0.39 is 0 Å². The Morgan fingerprint density at radius 2 is 1.95 bits per heavy atom. The zero-order valence-electron chi connectivity index (χ0n) is 11.9. The van der Waals surface area contributed by atoms with Crippen LogP contribution in [0.15, 0.2) is 36.4 Å². The fourth-order valence-electron chi connectivity index (χ4n) is 3.66. The number of hydrogen-bond acceptors (Lipinski definition) is 2. The van der Waals surface area contributed by atoms with Gasteiger partial charge in [0.15, 0.2) is 0 Å². The Labute approximate surface area is 128 Å². The van der Waals surface area contributed by atoms with Crippen LogP contribution in [0.5, 0.6) is 0 Å². The minimum Gasteiger partial charge on any atom is -0.327 e. The van der Waals surface area contributed by atoms with Gasteiger partial charge in [-0.2, -0.15) is 0 Å². The second-order valence-corrected chi connectivity index (χ2v) is 6.05. The zero-order valence-corrected chi connectivity index (χ0v) is 12.8. The highest BCUT2D eigenvalue weighted by Gasteiger charge is 2.37. The van der Waals surface area contributed by atoms with E-state index in [1.54, 1.807) is 0 Å². The molecule has 1 aromatic rings. The van der Waals surface area contributed by atoms with Crippen LogP contribution in [-0.2, 0) is 0 Å². The molecule has 3 rings (SSSR count). The molecule has 3 unspecified atom stereocenters. The molecule has 0 amide bonds. The van der Waals surface area contributed by atoms with Crippen molar-refractivity contribution in [2.75, 3.05) is 19.6 Å². The van der Waals surface area contributed by atoms with Crippen LogP contribution in [0.1, 0.15) is 24.8 Å². The topological polar surface area (TPSA) is 29.3 Å². The van der Waals surface area contributed by atoms with Gasteiger partial charge in [0.1, 0.15) is 0 Å². The van der Waals surface area contributed by atoms with Gasteiger partial charge in [-0.15, -0.1) is 12.4 Å². The molecule has 2 N–H and O–H groups in total. The van der Waals surface area contributed by atoms with Crippen molar-refractivity contribution in [3.63, 3.8) is 0 Å². The van der Waals surface area contributed by atoms with Gasteiger partial charge < -0.3 is 5.73 Å². The van der Waals surface area contributed by atoms with Crippen molar-refractivity contribution in [2.45, 2.75) is 25.3 Å². The standard InChI is InChI=1S/C17H24N2.ClH/c18-17-10-4-9-15-12-19(13-16(15)17)11-5-8-14-6-2-1-3-7-14;/h1-3,5-8,15-17H,4,9-13,18H2;1H/b8-5+;. The van der Waals surface area contributed by atoms with Crippen molar-refractivity contribution in [3.05, 3.63) is 42.0 Å². The number of nitrogens with two attached hydrogens (primary N) is 1. The van der Waals surface area contributed by atoms with Crippen molar-refractivity contribution in [3.8, 4) is 0 Å². The predicted molar refractivity (Wildman–Crippen MR) is 88.0 cm³/mol. The van der Waals surface area contributed by atoms with E-state index in [9.17, 15) is 0 Å². The summed E-state index contributed by atoms with van der Waals surface area (Å²) < 4.78 is 0. The van der Waals surface area contributed by atoms with E-state index in [4.69, 9.17) is 5.73 Å². The van der Waals surface area contributed by atoms with Crippen molar-refractivity contribution >= 4 is 18.5 Å². The largest absolute Gasteiger partial charge is 0.327 e. The molecule has 1 aliphatic carbocycles. The quantitative estimate of drug-likeness (QED) is 0.927. The molecule has 1 aromatic carbocycles. The smallest absolute Gasteiger partial charge is 0.0166 e. The van der Waals surface area contributed by atoms with Gasteiger partial charge in [0, 0.05) is 25.7 Å². The summed E-state index contributed by atoms with van der Waals surface area (Å²) in [5, 5.41) is 0. The minimum atomic E-state index is 0. The lowest BCUT2D eigenvalue weighted by atomic mass is 9.78. The van der Waals surface area contributed by atoms with E-state index in [0.717, 1.165) is 18.4 Å². The van der Waals surface area contributed by atoms with Crippen LogP contribution < -0.4 is 5.73 Å². The fraction of sp³-hybridized carbons (Fsp3) is 0.529. The molecule has 1 saturated carbocycles. The number of likely N-dealkylation sites (tertiary alicyclic amines) is 1. The molecule has 1 saturated heterocycles. The third-order valence-electron chi connectivity index (χ3n) is 4.70. The Kier molecular flexibility index (Phi) is 5.64. The first-order chi connectivity index (χ1) is 9.33. The molecule has 110 valence electrons. The summed E-state index contributed by atoms with van der Waals surface area (Å²) in [6, 6.07) is 11.0. The van der Waals surface area contributed by atoms with Crippen LogP contribution >= 0.6 is 12.4 Å². The molecule has 0 aromatic heterocycles. The molecular weight excluding hydrogens is 268 g/mol. The summed E-state index contributed by atoms with van der Waals surface area (Å²) in [5.74, 6) is 1.60. The predicted octanol–water partition coefficient (Wildman–Crippen LogP) is 3.18. The Balaban J connectivity index is 0.00000147. The third-order valence-corrected chi connectivity index (χ3v) is 4.70. The Morgan fingerprint density at radius 1 is 1.15 bits per heavy atom. The summed E-state index contributed by atoms with van der Waals surface area (Å²) in [4.78, 5) is 2.57. The highest BCUT2D eigenvalue weighted by atomic mass is 35.5. The number of benzene rings is 1. The first kappa shape index (κ1) is 15.6. The second-order valence-electron chi connectivity index (χ2n) is 6.05. The third kappa shape index (κ3) is 3.63. The molecule has 0 bridgehead atoms. The maximum atomic E-state index is 6.26. The first-order valence-corrected chi connectivity index (χ1v) is 7.52. The molecular formula is C17H25ClN2. The monoisotopic (exact) mass is 292 g/mol. The van der Waals surface area contributed by atoms with E-state index in [1.165, 1.54) is 37.9 Å². The van der Waals surface area contributed by atoms with Crippen LogP contribution in [-0.4, -0.2) is 30.6 Å². The lowest BCUT2D eigenvalue weighted by Gasteiger charge is -2.29. The van der Waals surface area contributed by atoms with Crippen molar-refractivity contribution < 1.29 is 0 Å². The highest BCUT2D eigenvalue weighted by Crippen LogP contribution is 2.35. The molecule has 3 atom stereocenters. The van der Waals surface area contributed by atoms with Gasteiger partial charge in [0.05, 0.1) is 0 Å². The number of nitrogens with zero attached hydrogens (tertiary/aromatic N) is 1. The Hall–Kier alpha value is -0.830. The highest BCUT2D eigenvalue weighted by molar-refractivity contribution is 5.85. The Morgan fingerprint density at radius 3 is 2.70 bits per heavy atom. The van der Waals surface area contributed by atoms with Gasteiger partial charge in [-0.25, -0.2) is 0 Å². The van der Waals surface area contributed by atoms with Crippen LogP contribution in [0.25, 0.3) is 6.08 Å². The van der Waals surface area contributed by atoms with Crippen LogP contribution in [0.2, 0.25) is 0 Å². The summed E-state index contributed by atoms with van der Waals surface area (Å²) in [6.45, 7) is 3.51. The molecule has 0 spiro atoms. The maximum Gasteiger partial charge on any atom is 0.0166 e.